The second kappa shape index (κ2) is 12.9. The topological polar surface area (TPSA) is 113 Å². The van der Waals surface area contributed by atoms with Crippen molar-refractivity contribution < 1.29 is 28.9 Å². The van der Waals surface area contributed by atoms with Crippen molar-refractivity contribution in [1.29, 1.82) is 0 Å². The first-order chi connectivity index (χ1) is 12.0. The Hall–Kier alpha value is -1.41. The third kappa shape index (κ3) is 8.43. The van der Waals surface area contributed by atoms with E-state index >= 15 is 0 Å². The Morgan fingerprint density at radius 2 is 1.63 bits per heavy atom. The van der Waals surface area contributed by atoms with Crippen molar-refractivity contribution in [3.63, 3.8) is 0 Å². The number of carboxylic acids is 1. The summed E-state index contributed by atoms with van der Waals surface area (Å²) in [5.74, 6) is -1.60. The maximum absolute atomic E-state index is 12.4. The maximum atomic E-state index is 12.4. The molecule has 132 valence electrons. The van der Waals surface area contributed by atoms with Gasteiger partial charge in [-0.3, -0.25) is 4.79 Å². The van der Waals surface area contributed by atoms with E-state index < -0.39 is 32.4 Å². The van der Waals surface area contributed by atoms with E-state index in [2.05, 4.69) is 5.32 Å². The minimum Gasteiger partial charge on any atom is -0.478 e. The molecule has 0 heterocycles. The summed E-state index contributed by atoms with van der Waals surface area (Å²) in [6.45, 7) is 0. The average Bonchev–Trinajstić information content (AvgIpc) is 2.62. The largest absolute Gasteiger partial charge is 0.537 e. The minimum atomic E-state index is -2.37. The summed E-state index contributed by atoms with van der Waals surface area (Å²) < 4.78 is 16.7. The first-order valence-corrected chi connectivity index (χ1v) is 8.76. The van der Waals surface area contributed by atoms with Crippen molar-refractivity contribution in [2.45, 2.75) is 12.5 Å². The number of benzene rings is 2. The number of hydrogen-bond acceptors (Lipinski definition) is 5. The molecule has 10 heteroatoms. The number of carbonyl (C=O) groups is 2. The zero-order chi connectivity index (χ0) is 18.2. The Balaban J connectivity index is 0.00000338. The van der Waals surface area contributed by atoms with E-state index in [4.69, 9.17) is 14.7 Å². The molecule has 0 spiro atoms. The molecule has 0 bridgehead atoms. The molecular formula is C17H17Li2NO6P+. The number of nitrogens with one attached hydrogen (secondary N) is 1. The summed E-state index contributed by atoms with van der Waals surface area (Å²) in [7, 11) is -2.37. The van der Waals surface area contributed by atoms with E-state index in [-0.39, 0.29) is 49.7 Å². The fraction of sp³-hybridized carbons (Fsp3) is 0.176. The van der Waals surface area contributed by atoms with Crippen LogP contribution in [0.4, 0.5) is 5.69 Å². The van der Waals surface area contributed by atoms with Gasteiger partial charge in [0, 0.05) is 49.8 Å². The van der Waals surface area contributed by atoms with Gasteiger partial charge in [-0.1, -0.05) is 30.3 Å². The molecule has 1 amide bonds. The molecule has 0 fully saturated rings. The Bertz CT molecular complexity index is 758. The second-order valence-electron chi connectivity index (χ2n) is 5.13. The third-order valence-electron chi connectivity index (χ3n) is 3.32. The molecule has 2 rings (SSSR count). The van der Waals surface area contributed by atoms with Crippen LogP contribution in [0.2, 0.25) is 0 Å². The molecule has 7 nitrogen and oxygen atoms in total. The molecule has 0 saturated carbocycles. The van der Waals surface area contributed by atoms with Crippen LogP contribution in [0.5, 0.6) is 0 Å². The minimum absolute atomic E-state index is 0. The maximum Gasteiger partial charge on any atom is 0.537 e. The number of aromatic carboxylic acids is 1. The van der Waals surface area contributed by atoms with Crippen LogP contribution in [0.1, 0.15) is 15.9 Å². The number of anilines is 1. The molecule has 3 N–H and O–H groups in total. The number of aliphatic hydroxyl groups is 1. The van der Waals surface area contributed by atoms with Crippen LogP contribution in [0.15, 0.2) is 54.6 Å². The molecule has 0 aliphatic rings. The SMILES string of the molecule is O=C(O)c1ccc(NC(=O)[C@H](Cc2ccccc2)O[P+](=O)CO)cc1.[Li].[Li]. The van der Waals surface area contributed by atoms with Crippen molar-refractivity contribution in [3.05, 3.63) is 65.7 Å². The van der Waals surface area contributed by atoms with Crippen LogP contribution in [0.3, 0.4) is 0 Å². The van der Waals surface area contributed by atoms with E-state index in [1.165, 1.54) is 24.3 Å². The van der Waals surface area contributed by atoms with Gasteiger partial charge in [0.2, 0.25) is 0 Å². The number of hydrogen-bond donors (Lipinski definition) is 3. The first kappa shape index (κ1) is 25.6. The Kier molecular flexibility index (Phi) is 12.2. The number of aliphatic hydroxyl groups excluding tert-OH is 1. The molecule has 2 atom stereocenters. The van der Waals surface area contributed by atoms with Crippen LogP contribution in [0, 0.1) is 0 Å². The summed E-state index contributed by atoms with van der Waals surface area (Å²) in [5, 5.41) is 20.4. The first-order valence-electron chi connectivity index (χ1n) is 7.40. The Morgan fingerprint density at radius 3 is 2.15 bits per heavy atom. The van der Waals surface area contributed by atoms with Gasteiger partial charge in [-0.25, -0.2) is 4.79 Å². The summed E-state index contributed by atoms with van der Waals surface area (Å²) in [6, 6.07) is 14.7. The predicted octanol–water partition coefficient (Wildman–Crippen LogP) is 1.88. The fourth-order valence-corrected chi connectivity index (χ4v) is 2.62. The predicted molar refractivity (Wildman–Crippen MR) is 103 cm³/mol. The van der Waals surface area contributed by atoms with Crippen molar-refractivity contribution in [2.24, 2.45) is 0 Å². The van der Waals surface area contributed by atoms with Crippen LogP contribution < -0.4 is 5.32 Å². The van der Waals surface area contributed by atoms with Crippen LogP contribution >= 0.6 is 8.03 Å². The van der Waals surface area contributed by atoms with Gasteiger partial charge in [0.05, 0.1) is 5.56 Å². The van der Waals surface area contributed by atoms with Gasteiger partial charge < -0.3 is 15.5 Å². The molecule has 2 radical (unpaired) electrons. The average molecular weight is 376 g/mol. The number of rotatable bonds is 8. The van der Waals surface area contributed by atoms with Crippen molar-refractivity contribution in [2.75, 3.05) is 11.7 Å². The molecule has 2 aromatic rings. The molecular weight excluding hydrogens is 359 g/mol. The van der Waals surface area contributed by atoms with E-state index in [1.54, 1.807) is 24.3 Å². The molecule has 0 saturated heterocycles. The van der Waals surface area contributed by atoms with E-state index in [9.17, 15) is 14.2 Å². The van der Waals surface area contributed by atoms with Crippen molar-refractivity contribution in [3.8, 4) is 0 Å². The molecule has 0 aliphatic heterocycles. The van der Waals surface area contributed by atoms with Gasteiger partial charge >= 0.3 is 14.0 Å². The van der Waals surface area contributed by atoms with Crippen LogP contribution in [0.25, 0.3) is 0 Å². The third-order valence-corrected chi connectivity index (χ3v) is 4.04. The van der Waals surface area contributed by atoms with E-state index in [1.807, 2.05) is 6.07 Å². The number of amides is 1. The molecule has 0 aromatic heterocycles. The standard InChI is InChI=1S/C17H16NO6P.2Li/c19-11-25(23)24-15(10-12-4-2-1-3-5-12)16(20)18-14-8-6-13(7-9-14)17(21)22;;/h1-9,15,19H,10-11H2,(H-,18,20,21,22);;/p+1/t15-;;/m0../s1. The molecule has 27 heavy (non-hydrogen) atoms. The van der Waals surface area contributed by atoms with Crippen molar-refractivity contribution >= 4 is 63.3 Å². The van der Waals surface area contributed by atoms with E-state index in [0.29, 0.717) is 5.69 Å². The zero-order valence-corrected chi connectivity index (χ0v) is 16.1. The Labute approximate surface area is 181 Å². The number of carboxylic acid groups (broad SMARTS) is 1. The van der Waals surface area contributed by atoms with Crippen LogP contribution in [-0.2, 0) is 20.3 Å². The summed E-state index contributed by atoms with van der Waals surface area (Å²) in [4.78, 5) is 23.3. The normalized spacial score (nSPS) is 11.4. The smallest absolute Gasteiger partial charge is 0.478 e. The fourth-order valence-electron chi connectivity index (χ4n) is 2.10. The van der Waals surface area contributed by atoms with Gasteiger partial charge in [0.1, 0.15) is 0 Å². The van der Waals surface area contributed by atoms with Gasteiger partial charge in [0.25, 0.3) is 12.3 Å². The monoisotopic (exact) mass is 376 g/mol. The summed E-state index contributed by atoms with van der Waals surface area (Å²) in [6.07, 6.45) is -1.56. The van der Waals surface area contributed by atoms with Gasteiger partial charge in [-0.05, 0) is 34.4 Å². The molecule has 1 unspecified atom stereocenters. The van der Waals surface area contributed by atoms with Crippen molar-refractivity contribution in [1.82, 2.24) is 0 Å². The van der Waals surface area contributed by atoms with Gasteiger partial charge in [-0.15, -0.1) is 4.52 Å². The van der Waals surface area contributed by atoms with Gasteiger partial charge in [0.15, 0.2) is 6.10 Å². The second-order valence-corrected chi connectivity index (χ2v) is 6.29. The molecule has 2 aromatic carbocycles. The summed E-state index contributed by atoms with van der Waals surface area (Å²) >= 11 is 0. The zero-order valence-electron chi connectivity index (χ0n) is 15.2. The van der Waals surface area contributed by atoms with Crippen LogP contribution in [-0.4, -0.2) is 72.3 Å². The summed E-state index contributed by atoms with van der Waals surface area (Å²) in [5.41, 5.74) is 1.29. The van der Waals surface area contributed by atoms with E-state index in [0.717, 1.165) is 5.56 Å². The Morgan fingerprint density at radius 1 is 1.04 bits per heavy atom. The quantitative estimate of drug-likeness (QED) is 0.479. The number of carbonyl (C=O) groups excluding carboxylic acids is 1. The molecule has 0 aliphatic carbocycles. The van der Waals surface area contributed by atoms with Gasteiger partial charge in [-0.2, -0.15) is 0 Å².